The Morgan fingerprint density at radius 3 is 2.23 bits per heavy atom. The molecule has 2 saturated carbocycles. The molecule has 7 nitrogen and oxygen atoms in total. The van der Waals surface area contributed by atoms with Gasteiger partial charge in [-0.05, 0) is 60.3 Å². The maximum atomic E-state index is 12.6. The normalized spacial score (nSPS) is 21.9. The van der Waals surface area contributed by atoms with Crippen molar-refractivity contribution in [2.45, 2.75) is 44.4 Å². The molecular formula is C28H32N2O5. The monoisotopic (exact) mass is 476 g/mol. The van der Waals surface area contributed by atoms with Crippen molar-refractivity contribution in [3.8, 4) is 11.1 Å². The summed E-state index contributed by atoms with van der Waals surface area (Å²) >= 11 is 0. The van der Waals surface area contributed by atoms with E-state index in [-0.39, 0.29) is 36.8 Å². The van der Waals surface area contributed by atoms with Crippen LogP contribution in [-0.4, -0.2) is 42.8 Å². The Balaban J connectivity index is 1.09. The average Bonchev–Trinajstić information content (AvgIpc) is 3.62. The van der Waals surface area contributed by atoms with Crippen LogP contribution in [0.25, 0.3) is 11.1 Å². The second kappa shape index (κ2) is 9.72. The standard InChI is InChI=1S/C28H32N2O5/c31-25(30-17-28(12-13-28)26(32)33)19-7-5-6-18(14-19)15-29-27(34)35-16-24-22-10-3-1-8-20(22)21-9-2-4-11-23(21)24/h1-4,8-11,18-19,24H,5-7,12-17H2,(H,29,34)(H,30,31)(H,32,33). The number of hydrogen-bond donors (Lipinski definition) is 3. The van der Waals surface area contributed by atoms with Gasteiger partial charge in [-0.15, -0.1) is 0 Å². The predicted octanol–water partition coefficient (Wildman–Crippen LogP) is 4.31. The summed E-state index contributed by atoms with van der Waals surface area (Å²) in [4.78, 5) is 36.4. The molecule has 0 saturated heterocycles. The Bertz CT molecular complexity index is 1080. The number of carbonyl (C=O) groups excluding carboxylic acids is 2. The number of alkyl carbamates (subject to hydrolysis) is 1. The number of fused-ring (bicyclic) bond motifs is 3. The highest BCUT2D eigenvalue weighted by molar-refractivity contribution is 5.82. The fourth-order valence-corrected chi connectivity index (χ4v) is 5.61. The van der Waals surface area contributed by atoms with Crippen LogP contribution in [0, 0.1) is 17.3 Å². The minimum atomic E-state index is -0.827. The van der Waals surface area contributed by atoms with Gasteiger partial charge in [0.15, 0.2) is 0 Å². The molecule has 0 bridgehead atoms. The summed E-state index contributed by atoms with van der Waals surface area (Å²) in [5.41, 5.74) is 3.99. The summed E-state index contributed by atoms with van der Waals surface area (Å²) in [6.07, 6.45) is 4.17. The molecule has 2 aromatic carbocycles. The number of nitrogens with one attached hydrogen (secondary N) is 2. The molecule has 0 spiro atoms. The molecular weight excluding hydrogens is 444 g/mol. The van der Waals surface area contributed by atoms with Crippen LogP contribution in [0.1, 0.15) is 55.6 Å². The number of carboxylic acids is 1. The zero-order chi connectivity index (χ0) is 24.4. The number of aliphatic carboxylic acids is 1. The van der Waals surface area contributed by atoms with E-state index in [9.17, 15) is 19.5 Å². The predicted molar refractivity (Wildman–Crippen MR) is 131 cm³/mol. The molecule has 2 aromatic rings. The summed E-state index contributed by atoms with van der Waals surface area (Å²) in [6.45, 7) is 0.959. The van der Waals surface area contributed by atoms with Crippen molar-refractivity contribution in [1.29, 1.82) is 0 Å². The average molecular weight is 477 g/mol. The van der Waals surface area contributed by atoms with E-state index in [0.717, 1.165) is 19.3 Å². The topological polar surface area (TPSA) is 105 Å². The maximum Gasteiger partial charge on any atom is 0.407 e. The molecule has 2 unspecified atom stereocenters. The third-order valence-electron chi connectivity index (χ3n) is 7.94. The number of hydrogen-bond acceptors (Lipinski definition) is 4. The van der Waals surface area contributed by atoms with Gasteiger partial charge in [0, 0.05) is 24.9 Å². The second-order valence-corrected chi connectivity index (χ2v) is 10.2. The summed E-state index contributed by atoms with van der Waals surface area (Å²) < 4.78 is 5.63. The van der Waals surface area contributed by atoms with Crippen LogP contribution in [0.5, 0.6) is 0 Å². The second-order valence-electron chi connectivity index (χ2n) is 10.2. The van der Waals surface area contributed by atoms with Crippen molar-refractivity contribution in [2.24, 2.45) is 17.3 Å². The highest BCUT2D eigenvalue weighted by Gasteiger charge is 2.50. The molecule has 5 rings (SSSR count). The van der Waals surface area contributed by atoms with E-state index in [4.69, 9.17) is 4.74 Å². The van der Waals surface area contributed by atoms with Crippen LogP contribution < -0.4 is 10.6 Å². The quantitative estimate of drug-likeness (QED) is 0.527. The fourth-order valence-electron chi connectivity index (χ4n) is 5.61. The maximum absolute atomic E-state index is 12.6. The molecule has 3 aliphatic rings. The fraction of sp³-hybridized carbons (Fsp3) is 0.464. The molecule has 3 N–H and O–H groups in total. The Kier molecular flexibility index (Phi) is 6.50. The minimum Gasteiger partial charge on any atom is -0.481 e. The Morgan fingerprint density at radius 2 is 1.60 bits per heavy atom. The smallest absolute Gasteiger partial charge is 0.407 e. The summed E-state index contributed by atoms with van der Waals surface area (Å²) in [6, 6.07) is 16.5. The molecule has 35 heavy (non-hydrogen) atoms. The van der Waals surface area contributed by atoms with Gasteiger partial charge in [0.05, 0.1) is 5.41 Å². The Morgan fingerprint density at radius 1 is 0.943 bits per heavy atom. The van der Waals surface area contributed by atoms with Gasteiger partial charge in [-0.2, -0.15) is 0 Å². The molecule has 2 fully saturated rings. The van der Waals surface area contributed by atoms with Gasteiger partial charge in [0.1, 0.15) is 6.61 Å². The van der Waals surface area contributed by atoms with Crippen molar-refractivity contribution >= 4 is 18.0 Å². The van der Waals surface area contributed by atoms with Crippen molar-refractivity contribution in [2.75, 3.05) is 19.7 Å². The third-order valence-corrected chi connectivity index (χ3v) is 7.94. The minimum absolute atomic E-state index is 0.0245. The van der Waals surface area contributed by atoms with Crippen molar-refractivity contribution in [1.82, 2.24) is 10.6 Å². The highest BCUT2D eigenvalue weighted by Crippen LogP contribution is 2.46. The summed E-state index contributed by atoms with van der Waals surface area (Å²) in [5, 5.41) is 15.0. The van der Waals surface area contributed by atoms with E-state index < -0.39 is 17.5 Å². The zero-order valence-corrected chi connectivity index (χ0v) is 19.8. The van der Waals surface area contributed by atoms with Crippen molar-refractivity contribution in [3.05, 3.63) is 59.7 Å². The van der Waals surface area contributed by atoms with E-state index in [1.165, 1.54) is 22.3 Å². The lowest BCUT2D eigenvalue weighted by atomic mass is 9.81. The van der Waals surface area contributed by atoms with Gasteiger partial charge < -0.3 is 20.5 Å². The number of rotatable bonds is 8. The van der Waals surface area contributed by atoms with Gasteiger partial charge in [-0.3, -0.25) is 9.59 Å². The lowest BCUT2D eigenvalue weighted by Crippen LogP contribution is -2.40. The number of benzene rings is 2. The number of amides is 2. The van der Waals surface area contributed by atoms with E-state index in [1.807, 2.05) is 24.3 Å². The van der Waals surface area contributed by atoms with Crippen molar-refractivity contribution in [3.63, 3.8) is 0 Å². The molecule has 3 aliphatic carbocycles. The van der Waals surface area contributed by atoms with Crippen LogP contribution in [0.15, 0.2) is 48.5 Å². The van der Waals surface area contributed by atoms with Gasteiger partial charge in [-0.1, -0.05) is 55.0 Å². The van der Waals surface area contributed by atoms with Gasteiger partial charge in [0.2, 0.25) is 5.91 Å². The number of ether oxygens (including phenoxy) is 1. The molecule has 2 atom stereocenters. The van der Waals surface area contributed by atoms with Crippen LogP contribution in [-0.2, 0) is 14.3 Å². The molecule has 0 heterocycles. The molecule has 0 radical (unpaired) electrons. The summed E-state index contributed by atoms with van der Waals surface area (Å²) in [7, 11) is 0. The molecule has 2 amide bonds. The highest BCUT2D eigenvalue weighted by atomic mass is 16.5. The lowest BCUT2D eigenvalue weighted by molar-refractivity contribution is -0.143. The SMILES string of the molecule is O=C(NCC1CCCC(C(=O)NCC2(C(=O)O)CC2)C1)OCC1c2ccccc2-c2ccccc21. The van der Waals surface area contributed by atoms with Crippen LogP contribution >= 0.6 is 0 Å². The number of carbonyl (C=O) groups is 3. The largest absolute Gasteiger partial charge is 0.481 e. The van der Waals surface area contributed by atoms with Crippen LogP contribution in [0.2, 0.25) is 0 Å². The van der Waals surface area contributed by atoms with E-state index in [1.54, 1.807) is 0 Å². The lowest BCUT2D eigenvalue weighted by Gasteiger charge is -2.28. The van der Waals surface area contributed by atoms with Crippen molar-refractivity contribution < 1.29 is 24.2 Å². The number of carboxylic acid groups (broad SMARTS) is 1. The first-order valence-corrected chi connectivity index (χ1v) is 12.6. The molecule has 0 aromatic heterocycles. The van der Waals surface area contributed by atoms with Crippen LogP contribution in [0.3, 0.4) is 0 Å². The Hall–Kier alpha value is -3.35. The molecule has 7 heteroatoms. The van der Waals surface area contributed by atoms with Gasteiger partial charge in [0.25, 0.3) is 0 Å². The molecule has 0 aliphatic heterocycles. The molecule has 184 valence electrons. The summed E-state index contributed by atoms with van der Waals surface area (Å²) in [5.74, 6) is -0.802. The first kappa shape index (κ1) is 23.4. The third kappa shape index (κ3) is 4.90. The zero-order valence-electron chi connectivity index (χ0n) is 19.8. The van der Waals surface area contributed by atoms with Gasteiger partial charge in [-0.25, -0.2) is 4.79 Å². The van der Waals surface area contributed by atoms with E-state index >= 15 is 0 Å². The Labute approximate surface area is 205 Å². The first-order valence-electron chi connectivity index (χ1n) is 12.6. The van der Waals surface area contributed by atoms with E-state index in [2.05, 4.69) is 34.9 Å². The van der Waals surface area contributed by atoms with Crippen LogP contribution in [0.4, 0.5) is 4.79 Å². The van der Waals surface area contributed by atoms with E-state index in [0.29, 0.717) is 25.8 Å². The van der Waals surface area contributed by atoms with Gasteiger partial charge >= 0.3 is 12.1 Å². The first-order chi connectivity index (χ1) is 17.0.